The number of halogens is 3. The van der Waals surface area contributed by atoms with E-state index in [4.69, 9.17) is 14.6 Å². The second-order valence-electron chi connectivity index (χ2n) is 4.69. The summed E-state index contributed by atoms with van der Waals surface area (Å²) in [7, 11) is 3.09. The first kappa shape index (κ1) is 17.7. The van der Waals surface area contributed by atoms with Crippen LogP contribution in [0.5, 0.6) is 5.75 Å². The predicted molar refractivity (Wildman–Crippen MR) is 72.2 cm³/mol. The molecule has 0 aromatic heterocycles. The van der Waals surface area contributed by atoms with Gasteiger partial charge < -0.3 is 19.9 Å². The zero-order chi connectivity index (χ0) is 16.0. The number of rotatable bonds is 7. The molecule has 0 aliphatic rings. The highest BCUT2D eigenvalue weighted by atomic mass is 19.4. The predicted octanol–water partition coefficient (Wildman–Crippen LogP) is 2.42. The Morgan fingerprint density at radius 3 is 2.48 bits per heavy atom. The molecule has 2 unspecified atom stereocenters. The first-order valence-corrected chi connectivity index (χ1v) is 6.43. The third-order valence-electron chi connectivity index (χ3n) is 3.10. The fourth-order valence-electron chi connectivity index (χ4n) is 1.86. The molecular weight excluding hydrogens is 287 g/mol. The number of aliphatic hydroxyl groups excluding tert-OH is 1. The van der Waals surface area contributed by atoms with E-state index in [9.17, 15) is 13.2 Å². The van der Waals surface area contributed by atoms with Gasteiger partial charge in [0, 0.05) is 25.3 Å². The van der Waals surface area contributed by atoms with E-state index in [0.29, 0.717) is 12.4 Å². The lowest BCUT2D eigenvalue weighted by Gasteiger charge is -2.20. The molecule has 2 atom stereocenters. The van der Waals surface area contributed by atoms with Crippen molar-refractivity contribution in [3.63, 3.8) is 0 Å². The third kappa shape index (κ3) is 5.18. The van der Waals surface area contributed by atoms with Crippen LogP contribution in [0.3, 0.4) is 0 Å². The number of ether oxygens (including phenoxy) is 2. The maximum absolute atomic E-state index is 12.2. The monoisotopic (exact) mass is 307 g/mol. The van der Waals surface area contributed by atoms with Gasteiger partial charge in [-0.15, -0.1) is 0 Å². The molecule has 0 saturated carbocycles. The number of methoxy groups -OCH3 is 2. The average Bonchev–Trinajstić information content (AvgIpc) is 2.43. The summed E-state index contributed by atoms with van der Waals surface area (Å²) >= 11 is 0. The summed E-state index contributed by atoms with van der Waals surface area (Å²) in [5, 5.41) is 11.6. The van der Waals surface area contributed by atoms with Gasteiger partial charge in [0.15, 0.2) is 6.10 Å². The summed E-state index contributed by atoms with van der Waals surface area (Å²) in [4.78, 5) is 0. The molecule has 0 radical (unpaired) electrons. The largest absolute Gasteiger partial charge is 0.496 e. The topological polar surface area (TPSA) is 50.7 Å². The van der Waals surface area contributed by atoms with Crippen LogP contribution >= 0.6 is 0 Å². The van der Waals surface area contributed by atoms with E-state index in [1.165, 1.54) is 7.11 Å². The molecule has 0 saturated heterocycles. The Morgan fingerprint density at radius 2 is 1.95 bits per heavy atom. The van der Waals surface area contributed by atoms with Gasteiger partial charge in [-0.2, -0.15) is 13.2 Å². The molecule has 0 amide bonds. The Labute approximate surface area is 121 Å². The van der Waals surface area contributed by atoms with Crippen molar-refractivity contribution in [1.82, 2.24) is 5.32 Å². The Bertz CT molecular complexity index is 452. The van der Waals surface area contributed by atoms with Crippen molar-refractivity contribution in [2.45, 2.75) is 31.9 Å². The van der Waals surface area contributed by atoms with Gasteiger partial charge in [0.2, 0.25) is 0 Å². The molecule has 21 heavy (non-hydrogen) atoms. The maximum Gasteiger partial charge on any atom is 0.415 e. The fourth-order valence-corrected chi connectivity index (χ4v) is 1.86. The Morgan fingerprint density at radius 1 is 1.29 bits per heavy atom. The van der Waals surface area contributed by atoms with Crippen LogP contribution in [0.4, 0.5) is 13.2 Å². The lowest BCUT2D eigenvalue weighted by molar-refractivity contribution is -0.202. The quantitative estimate of drug-likeness (QED) is 0.812. The minimum Gasteiger partial charge on any atom is -0.496 e. The van der Waals surface area contributed by atoms with E-state index in [-0.39, 0.29) is 6.04 Å². The zero-order valence-corrected chi connectivity index (χ0v) is 12.2. The van der Waals surface area contributed by atoms with Crippen LogP contribution in [0, 0.1) is 0 Å². The van der Waals surface area contributed by atoms with E-state index >= 15 is 0 Å². The standard InChI is InChI=1S/C14H20F3NO3/c1-9(18-7-13(19)14(15,16)17)10-4-5-12(21-3)11(6-10)8-20-2/h4-6,9,13,18-19H,7-8H2,1-3H3. The minimum absolute atomic E-state index is 0.342. The van der Waals surface area contributed by atoms with Crippen molar-refractivity contribution in [1.29, 1.82) is 0 Å². The van der Waals surface area contributed by atoms with Gasteiger partial charge in [0.1, 0.15) is 5.75 Å². The van der Waals surface area contributed by atoms with Crippen LogP contribution in [0.25, 0.3) is 0 Å². The summed E-state index contributed by atoms with van der Waals surface area (Å²) < 4.78 is 47.0. The fraction of sp³-hybridized carbons (Fsp3) is 0.571. The van der Waals surface area contributed by atoms with Crippen LogP contribution in [0.1, 0.15) is 24.1 Å². The first-order chi connectivity index (χ1) is 9.79. The number of aliphatic hydroxyl groups is 1. The summed E-state index contributed by atoms with van der Waals surface area (Å²) in [5.41, 5.74) is 1.60. The van der Waals surface area contributed by atoms with Gasteiger partial charge in [-0.3, -0.25) is 0 Å². The van der Waals surface area contributed by atoms with Crippen LogP contribution in [0.15, 0.2) is 18.2 Å². The molecule has 4 nitrogen and oxygen atoms in total. The van der Waals surface area contributed by atoms with E-state index < -0.39 is 18.8 Å². The van der Waals surface area contributed by atoms with Crippen LogP contribution < -0.4 is 10.1 Å². The summed E-state index contributed by atoms with van der Waals surface area (Å²) in [6, 6.07) is 4.96. The van der Waals surface area contributed by atoms with Gasteiger partial charge in [-0.05, 0) is 24.6 Å². The summed E-state index contributed by atoms with van der Waals surface area (Å²) in [5.74, 6) is 0.656. The molecule has 1 aromatic carbocycles. The van der Waals surface area contributed by atoms with Crippen molar-refractivity contribution in [2.75, 3.05) is 20.8 Å². The third-order valence-corrected chi connectivity index (χ3v) is 3.10. The first-order valence-electron chi connectivity index (χ1n) is 6.43. The SMILES string of the molecule is COCc1cc(C(C)NCC(O)C(F)(F)F)ccc1OC. The van der Waals surface area contributed by atoms with E-state index in [0.717, 1.165) is 11.1 Å². The molecule has 0 bridgehead atoms. The number of benzene rings is 1. The van der Waals surface area contributed by atoms with Gasteiger partial charge in [-0.25, -0.2) is 0 Å². The molecular formula is C14H20F3NO3. The molecule has 0 spiro atoms. The molecule has 1 rings (SSSR count). The van der Waals surface area contributed by atoms with Crippen molar-refractivity contribution >= 4 is 0 Å². The number of nitrogens with one attached hydrogen (secondary N) is 1. The normalized spacial score (nSPS) is 14.8. The van der Waals surface area contributed by atoms with Gasteiger partial charge >= 0.3 is 6.18 Å². The van der Waals surface area contributed by atoms with Crippen LogP contribution in [-0.2, 0) is 11.3 Å². The molecule has 7 heteroatoms. The average molecular weight is 307 g/mol. The van der Waals surface area contributed by atoms with Crippen LogP contribution in [-0.4, -0.2) is 38.2 Å². The highest BCUT2D eigenvalue weighted by molar-refractivity contribution is 5.38. The highest BCUT2D eigenvalue weighted by Crippen LogP contribution is 2.25. The lowest BCUT2D eigenvalue weighted by Crippen LogP contribution is -2.39. The molecule has 120 valence electrons. The second kappa shape index (κ2) is 7.63. The highest BCUT2D eigenvalue weighted by Gasteiger charge is 2.37. The minimum atomic E-state index is -4.62. The molecule has 1 aromatic rings. The molecule has 0 aliphatic heterocycles. The molecule has 2 N–H and O–H groups in total. The van der Waals surface area contributed by atoms with Crippen molar-refractivity contribution in [2.24, 2.45) is 0 Å². The summed E-state index contributed by atoms with van der Waals surface area (Å²) in [6.45, 7) is 1.51. The summed E-state index contributed by atoms with van der Waals surface area (Å²) in [6.07, 6.45) is -7.00. The van der Waals surface area contributed by atoms with Crippen molar-refractivity contribution in [3.05, 3.63) is 29.3 Å². The lowest BCUT2D eigenvalue weighted by atomic mass is 10.0. The molecule has 0 aliphatic carbocycles. The van der Waals surface area contributed by atoms with Gasteiger partial charge in [-0.1, -0.05) is 6.07 Å². The van der Waals surface area contributed by atoms with E-state index in [1.54, 1.807) is 32.2 Å². The number of alkyl halides is 3. The van der Waals surface area contributed by atoms with Crippen molar-refractivity contribution < 1.29 is 27.8 Å². The second-order valence-corrected chi connectivity index (χ2v) is 4.69. The smallest absolute Gasteiger partial charge is 0.415 e. The van der Waals surface area contributed by atoms with Crippen LogP contribution in [0.2, 0.25) is 0 Å². The van der Waals surface area contributed by atoms with Gasteiger partial charge in [0.05, 0.1) is 13.7 Å². The maximum atomic E-state index is 12.2. The molecule has 0 fully saturated rings. The Balaban J connectivity index is 2.74. The zero-order valence-electron chi connectivity index (χ0n) is 12.2. The van der Waals surface area contributed by atoms with Gasteiger partial charge in [0.25, 0.3) is 0 Å². The van der Waals surface area contributed by atoms with E-state index in [1.807, 2.05) is 0 Å². The Kier molecular flexibility index (Phi) is 6.44. The molecule has 0 heterocycles. The van der Waals surface area contributed by atoms with Crippen molar-refractivity contribution in [3.8, 4) is 5.75 Å². The van der Waals surface area contributed by atoms with E-state index in [2.05, 4.69) is 5.32 Å². The number of hydrogen-bond donors (Lipinski definition) is 2. The number of hydrogen-bond acceptors (Lipinski definition) is 4. The Hall–Kier alpha value is -1.31.